The second-order valence-electron chi connectivity index (χ2n) is 9.82. The van der Waals surface area contributed by atoms with E-state index >= 15 is 0 Å². The van der Waals surface area contributed by atoms with Crippen molar-refractivity contribution in [2.75, 3.05) is 5.75 Å². The highest BCUT2D eigenvalue weighted by Crippen LogP contribution is 2.42. The normalized spacial score (nSPS) is 17.8. The third-order valence-corrected chi connectivity index (χ3v) is 8.64. The Balaban J connectivity index is 1.16. The summed E-state index contributed by atoms with van der Waals surface area (Å²) >= 11 is 7.82. The average molecular weight is 605 g/mol. The van der Waals surface area contributed by atoms with E-state index in [-0.39, 0.29) is 42.5 Å². The molecule has 0 aromatic heterocycles. The predicted molar refractivity (Wildman–Crippen MR) is 159 cm³/mol. The van der Waals surface area contributed by atoms with Crippen LogP contribution >= 0.6 is 23.4 Å². The lowest BCUT2D eigenvalue weighted by atomic mass is 10.0. The first-order chi connectivity index (χ1) is 20.4. The molecule has 1 saturated heterocycles. The monoisotopic (exact) mass is 604 g/mol. The zero-order valence-corrected chi connectivity index (χ0v) is 24.2. The fourth-order valence-electron chi connectivity index (χ4n) is 4.77. The van der Waals surface area contributed by atoms with Crippen LogP contribution < -0.4 is 5.32 Å². The Hall–Kier alpha value is -4.08. The molecule has 3 aromatic rings. The summed E-state index contributed by atoms with van der Waals surface area (Å²) in [5, 5.41) is 2.47. The molecule has 216 valence electrons. The van der Waals surface area contributed by atoms with E-state index in [0.717, 1.165) is 16.7 Å². The molecule has 42 heavy (non-hydrogen) atoms. The van der Waals surface area contributed by atoms with Gasteiger partial charge in [-0.1, -0.05) is 103 Å². The van der Waals surface area contributed by atoms with Crippen LogP contribution in [0.5, 0.6) is 0 Å². The fourth-order valence-corrected chi connectivity index (χ4v) is 6.31. The van der Waals surface area contributed by atoms with Gasteiger partial charge in [0, 0.05) is 18.6 Å². The minimum absolute atomic E-state index is 0.00561. The van der Waals surface area contributed by atoms with Crippen LogP contribution in [0.4, 0.5) is 0 Å². The number of rotatable bonds is 11. The second kappa shape index (κ2) is 13.7. The van der Waals surface area contributed by atoms with E-state index in [1.54, 1.807) is 0 Å². The Morgan fingerprint density at radius 1 is 0.905 bits per heavy atom. The van der Waals surface area contributed by atoms with Gasteiger partial charge in [-0.05, 0) is 23.1 Å². The Labute approximate surface area is 253 Å². The van der Waals surface area contributed by atoms with Crippen LogP contribution in [0.2, 0.25) is 0 Å². The van der Waals surface area contributed by atoms with Crippen molar-refractivity contribution in [2.45, 2.75) is 43.4 Å². The summed E-state index contributed by atoms with van der Waals surface area (Å²) in [6.07, 6.45) is -0.271. The molecule has 3 aromatic carbocycles. The Morgan fingerprint density at radius 2 is 1.50 bits per heavy atom. The van der Waals surface area contributed by atoms with Gasteiger partial charge in [0.05, 0.1) is 5.03 Å². The number of halogens is 1. The van der Waals surface area contributed by atoms with Gasteiger partial charge in [-0.15, -0.1) is 11.8 Å². The molecule has 5 rings (SSSR count). The molecule has 0 saturated carbocycles. The first-order valence-electron chi connectivity index (χ1n) is 13.6. The first-order valence-corrected chi connectivity index (χ1v) is 15.0. The number of benzene rings is 3. The molecule has 0 spiro atoms. The van der Waals surface area contributed by atoms with E-state index in [4.69, 9.17) is 21.1 Å². The Morgan fingerprint density at radius 3 is 2.12 bits per heavy atom. The lowest BCUT2D eigenvalue weighted by Gasteiger charge is -2.49. The number of esters is 2. The maximum Gasteiger partial charge on any atom is 0.357 e. The molecule has 2 aliphatic heterocycles. The molecule has 10 heteroatoms. The van der Waals surface area contributed by atoms with Crippen LogP contribution in [0.3, 0.4) is 0 Å². The van der Waals surface area contributed by atoms with Crippen LogP contribution in [0, 0.1) is 0 Å². The largest absolute Gasteiger partial charge is 0.461 e. The Bertz CT molecular complexity index is 1430. The molecule has 2 aliphatic rings. The van der Waals surface area contributed by atoms with Crippen molar-refractivity contribution in [2.24, 2.45) is 0 Å². The van der Waals surface area contributed by atoms with Gasteiger partial charge in [-0.3, -0.25) is 19.3 Å². The first kappa shape index (κ1) is 29.4. The van der Waals surface area contributed by atoms with Crippen molar-refractivity contribution in [1.82, 2.24) is 10.2 Å². The van der Waals surface area contributed by atoms with Crippen molar-refractivity contribution in [3.63, 3.8) is 0 Å². The Kier molecular flexibility index (Phi) is 9.61. The number of nitrogens with one attached hydrogen (secondary N) is 1. The minimum atomic E-state index is -0.806. The summed E-state index contributed by atoms with van der Waals surface area (Å²) in [5.74, 6) is -1.62. The van der Waals surface area contributed by atoms with E-state index in [1.165, 1.54) is 16.7 Å². The molecule has 8 nitrogen and oxygen atoms in total. The molecule has 1 N–H and O–H groups in total. The van der Waals surface area contributed by atoms with Gasteiger partial charge in [-0.25, -0.2) is 4.79 Å². The third-order valence-electron chi connectivity index (χ3n) is 6.89. The van der Waals surface area contributed by atoms with Crippen LogP contribution in [0.15, 0.2) is 102 Å². The molecule has 0 aliphatic carbocycles. The van der Waals surface area contributed by atoms with Gasteiger partial charge in [-0.2, -0.15) is 0 Å². The molecular formula is C32H29ClN2O6S. The number of carbonyl (C=O) groups is 4. The SMILES string of the molecule is O=C(CCCC(=O)OCc1ccccc1)NC1C(=O)N2C(C(=O)OC(c3ccccc3)c3ccccc3)=C(Cl)CSC12. The van der Waals surface area contributed by atoms with Crippen molar-refractivity contribution in [3.05, 3.63) is 118 Å². The lowest BCUT2D eigenvalue weighted by molar-refractivity contribution is -0.154. The second-order valence-corrected chi connectivity index (χ2v) is 11.4. The van der Waals surface area contributed by atoms with Crippen molar-refractivity contribution in [1.29, 1.82) is 0 Å². The highest BCUT2D eigenvalue weighted by molar-refractivity contribution is 8.00. The van der Waals surface area contributed by atoms with Crippen LogP contribution in [-0.4, -0.2) is 45.8 Å². The predicted octanol–water partition coefficient (Wildman–Crippen LogP) is 5.08. The van der Waals surface area contributed by atoms with Gasteiger partial charge in [0.15, 0.2) is 6.10 Å². The zero-order chi connectivity index (χ0) is 29.5. The number of amides is 2. The average Bonchev–Trinajstić information content (AvgIpc) is 3.02. The standard InChI is InChI=1S/C32H29ClN2O6S/c33-24-20-42-31-27(34-25(36)17-10-18-26(37)40-19-21-11-4-1-5-12-21)30(38)35(31)28(24)32(39)41-29(22-13-6-2-7-14-22)23-15-8-3-9-16-23/h1-9,11-16,27,29,31H,10,17-20H2,(H,34,36). The molecular weight excluding hydrogens is 576 g/mol. The summed E-state index contributed by atoms with van der Waals surface area (Å²) in [4.78, 5) is 52.6. The summed E-state index contributed by atoms with van der Waals surface area (Å²) in [7, 11) is 0. The van der Waals surface area contributed by atoms with Crippen LogP contribution in [-0.2, 0) is 35.3 Å². The van der Waals surface area contributed by atoms with Crippen molar-refractivity contribution >= 4 is 47.1 Å². The molecule has 2 unspecified atom stereocenters. The van der Waals surface area contributed by atoms with Gasteiger partial charge in [0.2, 0.25) is 5.91 Å². The maximum absolute atomic E-state index is 13.5. The molecule has 2 amide bonds. The summed E-state index contributed by atoms with van der Waals surface area (Å²) in [6.45, 7) is 0.176. The summed E-state index contributed by atoms with van der Waals surface area (Å²) in [6, 6.07) is 27.2. The molecule has 0 radical (unpaired) electrons. The number of fused-ring (bicyclic) bond motifs is 1. The molecule has 2 atom stereocenters. The number of hydrogen-bond acceptors (Lipinski definition) is 7. The van der Waals surface area contributed by atoms with Crippen molar-refractivity contribution in [3.8, 4) is 0 Å². The van der Waals surface area contributed by atoms with Gasteiger partial charge >= 0.3 is 11.9 Å². The van der Waals surface area contributed by atoms with Gasteiger partial charge < -0.3 is 14.8 Å². The maximum atomic E-state index is 13.5. The van der Waals surface area contributed by atoms with Crippen LogP contribution in [0.25, 0.3) is 0 Å². The minimum Gasteiger partial charge on any atom is -0.461 e. The number of nitrogens with zero attached hydrogens (tertiary/aromatic N) is 1. The number of β-lactam (4-membered cyclic amide) rings is 1. The smallest absolute Gasteiger partial charge is 0.357 e. The quantitative estimate of drug-likeness (QED) is 0.240. The lowest BCUT2D eigenvalue weighted by Crippen LogP contribution is -2.70. The number of ether oxygens (including phenoxy) is 2. The van der Waals surface area contributed by atoms with E-state index in [9.17, 15) is 19.2 Å². The van der Waals surface area contributed by atoms with Crippen LogP contribution in [0.1, 0.15) is 42.1 Å². The summed E-state index contributed by atoms with van der Waals surface area (Å²) in [5.41, 5.74) is 2.43. The number of thioether (sulfide) groups is 1. The van der Waals surface area contributed by atoms with Gasteiger partial charge in [0.1, 0.15) is 23.7 Å². The van der Waals surface area contributed by atoms with Crippen molar-refractivity contribution < 1.29 is 28.7 Å². The topological polar surface area (TPSA) is 102 Å². The van der Waals surface area contributed by atoms with Gasteiger partial charge in [0.25, 0.3) is 5.91 Å². The number of carbonyl (C=O) groups excluding carboxylic acids is 4. The summed E-state index contributed by atoms with van der Waals surface area (Å²) < 4.78 is 11.2. The molecule has 0 bridgehead atoms. The molecule has 1 fully saturated rings. The van der Waals surface area contributed by atoms with E-state index in [1.807, 2.05) is 91.0 Å². The van der Waals surface area contributed by atoms with E-state index in [2.05, 4.69) is 5.32 Å². The zero-order valence-electron chi connectivity index (χ0n) is 22.6. The number of hydrogen-bond donors (Lipinski definition) is 1. The third kappa shape index (κ3) is 6.86. The fraction of sp³-hybridized carbons (Fsp3) is 0.250. The molecule has 2 heterocycles. The van der Waals surface area contributed by atoms with E-state index < -0.39 is 35.4 Å². The highest BCUT2D eigenvalue weighted by Gasteiger charge is 2.54. The highest BCUT2D eigenvalue weighted by atomic mass is 35.5. The van der Waals surface area contributed by atoms with E-state index in [0.29, 0.717) is 5.75 Å².